The van der Waals surface area contributed by atoms with Crippen LogP contribution >= 0.6 is 0 Å². The number of aromatic nitrogens is 3. The standard InChI is InChI=1S/C22H22FN5O/c1-14-3-4-17(8-21(14)15-7-16(23)13-24-12-15)26-22(29)28-19-9-18(10-20(28)11-19)27-6-2-5-25-27/h2-8,12-13,18-20H,9-11H2,1H3,(H,26,29)/t18-,19+,20-. The minimum absolute atomic E-state index is 0.0719. The number of halogens is 1. The van der Waals surface area contributed by atoms with E-state index in [4.69, 9.17) is 0 Å². The summed E-state index contributed by atoms with van der Waals surface area (Å²) in [6.45, 7) is 1.96. The Labute approximate surface area is 168 Å². The summed E-state index contributed by atoms with van der Waals surface area (Å²) in [4.78, 5) is 18.8. The van der Waals surface area contributed by atoms with Crippen LogP contribution in [0.5, 0.6) is 0 Å². The Hall–Kier alpha value is -3.22. The monoisotopic (exact) mass is 391 g/mol. The lowest BCUT2D eigenvalue weighted by Crippen LogP contribution is -2.64. The second-order valence-corrected chi connectivity index (χ2v) is 7.91. The number of anilines is 1. The van der Waals surface area contributed by atoms with Crippen LogP contribution < -0.4 is 5.32 Å². The van der Waals surface area contributed by atoms with Crippen LogP contribution in [0.1, 0.15) is 30.9 Å². The van der Waals surface area contributed by atoms with E-state index < -0.39 is 0 Å². The van der Waals surface area contributed by atoms with Gasteiger partial charge in [-0.3, -0.25) is 9.67 Å². The molecule has 4 heterocycles. The molecule has 2 amide bonds. The van der Waals surface area contributed by atoms with Crippen LogP contribution in [0.4, 0.5) is 14.9 Å². The summed E-state index contributed by atoms with van der Waals surface area (Å²) in [5.41, 5.74) is 3.26. The van der Waals surface area contributed by atoms with Gasteiger partial charge in [0.1, 0.15) is 5.82 Å². The van der Waals surface area contributed by atoms with Gasteiger partial charge in [-0.2, -0.15) is 5.10 Å². The molecule has 1 aliphatic carbocycles. The second-order valence-electron chi connectivity index (χ2n) is 7.91. The van der Waals surface area contributed by atoms with Crippen molar-refractivity contribution in [2.24, 2.45) is 0 Å². The molecule has 6 rings (SSSR count). The van der Waals surface area contributed by atoms with Gasteiger partial charge in [0, 0.05) is 41.9 Å². The number of hydrogen-bond acceptors (Lipinski definition) is 3. The molecule has 0 spiro atoms. The van der Waals surface area contributed by atoms with Crippen LogP contribution in [-0.2, 0) is 0 Å². The third-order valence-corrected chi connectivity index (χ3v) is 6.06. The fourth-order valence-electron chi connectivity index (χ4n) is 4.65. The van der Waals surface area contributed by atoms with Crippen molar-refractivity contribution in [2.75, 3.05) is 5.32 Å². The second kappa shape index (κ2) is 6.99. The van der Waals surface area contributed by atoms with Crippen molar-refractivity contribution in [1.82, 2.24) is 19.7 Å². The van der Waals surface area contributed by atoms with Crippen LogP contribution in [0.15, 0.2) is 55.1 Å². The first-order chi connectivity index (χ1) is 14.1. The Kier molecular flexibility index (Phi) is 4.30. The van der Waals surface area contributed by atoms with E-state index in [1.54, 1.807) is 12.4 Å². The first-order valence-corrected chi connectivity index (χ1v) is 9.88. The maximum absolute atomic E-state index is 13.6. The van der Waals surface area contributed by atoms with Crippen LogP contribution in [0.3, 0.4) is 0 Å². The Morgan fingerprint density at radius 3 is 2.66 bits per heavy atom. The van der Waals surface area contributed by atoms with E-state index in [0.717, 1.165) is 30.4 Å². The molecule has 2 saturated heterocycles. The third-order valence-electron chi connectivity index (χ3n) is 6.06. The average molecular weight is 391 g/mol. The van der Waals surface area contributed by atoms with Crippen LogP contribution in [0.25, 0.3) is 11.1 Å². The van der Waals surface area contributed by atoms with Gasteiger partial charge in [0.2, 0.25) is 0 Å². The molecule has 1 aromatic carbocycles. The van der Waals surface area contributed by atoms with Gasteiger partial charge < -0.3 is 10.2 Å². The summed E-state index contributed by atoms with van der Waals surface area (Å²) in [6, 6.07) is 9.88. The molecule has 2 aliphatic heterocycles. The summed E-state index contributed by atoms with van der Waals surface area (Å²) in [5, 5.41) is 7.38. The van der Waals surface area contributed by atoms with Crippen LogP contribution in [0, 0.1) is 12.7 Å². The molecular formula is C22H22FN5O. The molecule has 2 aromatic heterocycles. The quantitative estimate of drug-likeness (QED) is 0.720. The molecule has 1 saturated carbocycles. The van der Waals surface area contributed by atoms with Crippen molar-refractivity contribution in [3.8, 4) is 11.1 Å². The Bertz CT molecular complexity index is 1040. The number of aryl methyl sites for hydroxylation is 1. The number of piperidine rings is 1. The Balaban J connectivity index is 1.30. The molecule has 3 aromatic rings. The number of carbonyl (C=O) groups excluding carboxylic acids is 1. The predicted octanol–water partition coefficient (Wildman–Crippen LogP) is 4.40. The number of amides is 2. The van der Waals surface area contributed by atoms with Crippen molar-refractivity contribution in [3.05, 3.63) is 66.5 Å². The number of hydrogen-bond donors (Lipinski definition) is 1. The van der Waals surface area contributed by atoms with Gasteiger partial charge in [0.05, 0.1) is 12.2 Å². The first kappa shape index (κ1) is 17.8. The maximum Gasteiger partial charge on any atom is 0.322 e. The molecular weight excluding hydrogens is 369 g/mol. The third kappa shape index (κ3) is 3.26. The summed E-state index contributed by atoms with van der Waals surface area (Å²) in [6.07, 6.45) is 9.53. The highest BCUT2D eigenvalue weighted by molar-refractivity contribution is 5.91. The van der Waals surface area contributed by atoms with E-state index in [1.165, 1.54) is 12.3 Å². The van der Waals surface area contributed by atoms with E-state index in [1.807, 2.05) is 47.0 Å². The van der Waals surface area contributed by atoms with Gasteiger partial charge in [0.15, 0.2) is 0 Å². The van der Waals surface area contributed by atoms with E-state index in [9.17, 15) is 9.18 Å². The highest BCUT2D eigenvalue weighted by Gasteiger charge is 2.48. The first-order valence-electron chi connectivity index (χ1n) is 9.88. The lowest BCUT2D eigenvalue weighted by Gasteiger charge is -2.54. The maximum atomic E-state index is 13.6. The highest BCUT2D eigenvalue weighted by atomic mass is 19.1. The number of pyridine rings is 1. The molecule has 29 heavy (non-hydrogen) atoms. The molecule has 3 aliphatic rings. The molecule has 6 nitrogen and oxygen atoms in total. The van der Waals surface area contributed by atoms with Gasteiger partial charge in [-0.25, -0.2) is 9.18 Å². The summed E-state index contributed by atoms with van der Waals surface area (Å²) >= 11 is 0. The number of fused-ring (bicyclic) bond motifs is 2. The topological polar surface area (TPSA) is 63.1 Å². The SMILES string of the molecule is Cc1ccc(NC(=O)N2[C@@H]3C[C@H]2C[C@H](n2cccn2)C3)cc1-c1cncc(F)c1. The molecule has 1 N–H and O–H groups in total. The zero-order valence-electron chi connectivity index (χ0n) is 16.1. The van der Waals surface area contributed by atoms with Crippen molar-refractivity contribution in [1.29, 1.82) is 0 Å². The summed E-state index contributed by atoms with van der Waals surface area (Å²) in [7, 11) is 0. The van der Waals surface area contributed by atoms with Crippen molar-refractivity contribution >= 4 is 11.7 Å². The summed E-state index contributed by atoms with van der Waals surface area (Å²) in [5.74, 6) is -0.378. The highest BCUT2D eigenvalue weighted by Crippen LogP contribution is 2.43. The van der Waals surface area contributed by atoms with E-state index >= 15 is 0 Å². The normalized spacial score (nSPS) is 22.8. The van der Waals surface area contributed by atoms with Crippen molar-refractivity contribution in [2.45, 2.75) is 44.3 Å². The smallest absolute Gasteiger partial charge is 0.318 e. The van der Waals surface area contributed by atoms with Gasteiger partial charge in [-0.15, -0.1) is 0 Å². The molecule has 148 valence electrons. The predicted molar refractivity (Wildman–Crippen MR) is 108 cm³/mol. The molecule has 7 heteroatoms. The van der Waals surface area contributed by atoms with E-state index in [-0.39, 0.29) is 23.9 Å². The average Bonchev–Trinajstić information content (AvgIpc) is 3.24. The number of benzene rings is 1. The fraction of sp³-hybridized carbons (Fsp3) is 0.318. The van der Waals surface area contributed by atoms with Crippen LogP contribution in [-0.4, -0.2) is 37.8 Å². The Morgan fingerprint density at radius 2 is 1.93 bits per heavy atom. The van der Waals surface area contributed by atoms with Crippen molar-refractivity contribution < 1.29 is 9.18 Å². The van der Waals surface area contributed by atoms with E-state index in [2.05, 4.69) is 15.4 Å². The summed E-state index contributed by atoms with van der Waals surface area (Å²) < 4.78 is 15.6. The van der Waals surface area contributed by atoms with E-state index in [0.29, 0.717) is 17.3 Å². The molecule has 0 radical (unpaired) electrons. The molecule has 0 unspecified atom stereocenters. The van der Waals surface area contributed by atoms with Gasteiger partial charge in [0.25, 0.3) is 0 Å². The minimum Gasteiger partial charge on any atom is -0.318 e. The Morgan fingerprint density at radius 1 is 1.14 bits per heavy atom. The fourth-order valence-corrected chi connectivity index (χ4v) is 4.65. The lowest BCUT2D eigenvalue weighted by atomic mass is 9.77. The van der Waals surface area contributed by atoms with Gasteiger partial charge in [-0.05, 0) is 61.6 Å². The molecule has 3 fully saturated rings. The zero-order chi connectivity index (χ0) is 20.0. The number of rotatable bonds is 3. The minimum atomic E-state index is -0.378. The van der Waals surface area contributed by atoms with Gasteiger partial charge in [-0.1, -0.05) is 6.07 Å². The number of carbonyl (C=O) groups is 1. The number of nitrogens with zero attached hydrogens (tertiary/aromatic N) is 4. The molecule has 2 bridgehead atoms. The largest absolute Gasteiger partial charge is 0.322 e. The lowest BCUT2D eigenvalue weighted by molar-refractivity contribution is -0.00933. The number of nitrogens with one attached hydrogen (secondary N) is 1. The number of urea groups is 1. The zero-order valence-corrected chi connectivity index (χ0v) is 16.1. The van der Waals surface area contributed by atoms with Crippen molar-refractivity contribution in [3.63, 3.8) is 0 Å². The molecule has 3 atom stereocenters. The van der Waals surface area contributed by atoms with Gasteiger partial charge >= 0.3 is 6.03 Å². The van der Waals surface area contributed by atoms with Crippen LogP contribution in [0.2, 0.25) is 0 Å².